The van der Waals surface area contributed by atoms with Crippen molar-refractivity contribution in [2.24, 2.45) is 0 Å². The number of anilines is 2. The summed E-state index contributed by atoms with van der Waals surface area (Å²) in [7, 11) is 0. The second kappa shape index (κ2) is 7.56. The lowest BCUT2D eigenvalue weighted by atomic mass is 10.1. The van der Waals surface area contributed by atoms with Crippen LogP contribution in [0.4, 0.5) is 15.8 Å². The Bertz CT molecular complexity index is 812. The van der Waals surface area contributed by atoms with Gasteiger partial charge in [-0.3, -0.25) is 9.59 Å². The van der Waals surface area contributed by atoms with Gasteiger partial charge in [-0.05, 0) is 42.8 Å². The molecule has 6 heteroatoms. The van der Waals surface area contributed by atoms with Crippen molar-refractivity contribution in [3.63, 3.8) is 0 Å². The first-order valence-corrected chi connectivity index (χ1v) is 8.61. The van der Waals surface area contributed by atoms with E-state index >= 15 is 0 Å². The number of hydrogen-bond donors (Lipinski definition) is 1. The van der Waals surface area contributed by atoms with Gasteiger partial charge in [-0.2, -0.15) is 0 Å². The third-order valence-corrected chi connectivity index (χ3v) is 4.66. The monoisotopic (exact) mass is 355 g/mol. The van der Waals surface area contributed by atoms with Gasteiger partial charge in [0, 0.05) is 37.4 Å². The minimum atomic E-state index is -0.403. The van der Waals surface area contributed by atoms with Crippen LogP contribution in [0.5, 0.6) is 0 Å². The molecule has 0 aliphatic carbocycles. The van der Waals surface area contributed by atoms with E-state index in [1.54, 1.807) is 29.2 Å². The number of rotatable bonds is 4. The average Bonchev–Trinajstić information content (AvgIpc) is 2.63. The molecule has 0 unspecified atom stereocenters. The first kappa shape index (κ1) is 17.9. The molecule has 0 atom stereocenters. The fraction of sp³-hybridized carbons (Fsp3) is 0.300. The maximum absolute atomic E-state index is 14.3. The third kappa shape index (κ3) is 4.02. The molecule has 26 heavy (non-hydrogen) atoms. The second-order valence-corrected chi connectivity index (χ2v) is 6.51. The molecule has 2 aromatic carbocycles. The van der Waals surface area contributed by atoms with E-state index < -0.39 is 5.82 Å². The van der Waals surface area contributed by atoms with Crippen LogP contribution in [0.1, 0.15) is 22.8 Å². The van der Waals surface area contributed by atoms with E-state index in [9.17, 15) is 14.0 Å². The number of carbonyl (C=O) groups is 2. The molecule has 0 bridgehead atoms. The Kier molecular flexibility index (Phi) is 5.21. The van der Waals surface area contributed by atoms with Gasteiger partial charge in [-0.15, -0.1) is 0 Å². The molecule has 3 rings (SSSR count). The van der Waals surface area contributed by atoms with Gasteiger partial charge in [0.2, 0.25) is 5.91 Å². The maximum Gasteiger partial charge on any atom is 0.227 e. The Morgan fingerprint density at radius 1 is 1.04 bits per heavy atom. The van der Waals surface area contributed by atoms with Gasteiger partial charge in [0.25, 0.3) is 0 Å². The highest BCUT2D eigenvalue weighted by Gasteiger charge is 2.23. The van der Waals surface area contributed by atoms with Crippen LogP contribution in [0.3, 0.4) is 0 Å². The standard InChI is InChI=1S/C20H22FN3O2/c1-14(25)16-4-7-19(18(21)13-16)23-8-10-24(11-9-23)20(26)12-15-2-5-17(22)6-3-15/h2-7,13H,8-12,22H2,1H3. The normalized spacial score (nSPS) is 14.4. The van der Waals surface area contributed by atoms with Crippen LogP contribution in [0, 0.1) is 5.82 Å². The highest BCUT2D eigenvalue weighted by Crippen LogP contribution is 2.22. The van der Waals surface area contributed by atoms with Crippen LogP contribution < -0.4 is 10.6 Å². The number of ketones is 1. The highest BCUT2D eigenvalue weighted by atomic mass is 19.1. The predicted molar refractivity (Wildman–Crippen MR) is 99.8 cm³/mol. The molecule has 1 aliphatic heterocycles. The lowest BCUT2D eigenvalue weighted by Gasteiger charge is -2.36. The fourth-order valence-corrected chi connectivity index (χ4v) is 3.10. The van der Waals surface area contributed by atoms with Crippen molar-refractivity contribution in [1.82, 2.24) is 4.90 Å². The van der Waals surface area contributed by atoms with Crippen LogP contribution in [0.25, 0.3) is 0 Å². The van der Waals surface area contributed by atoms with E-state index in [1.165, 1.54) is 13.0 Å². The Balaban J connectivity index is 1.59. The number of halogens is 1. The van der Waals surface area contributed by atoms with Gasteiger partial charge in [0.05, 0.1) is 12.1 Å². The molecule has 2 aromatic rings. The van der Waals surface area contributed by atoms with Crippen LogP contribution in [-0.2, 0) is 11.2 Å². The van der Waals surface area contributed by atoms with Crippen LogP contribution in [-0.4, -0.2) is 42.8 Å². The molecule has 1 saturated heterocycles. The van der Waals surface area contributed by atoms with E-state index in [-0.39, 0.29) is 11.7 Å². The zero-order chi connectivity index (χ0) is 18.7. The molecule has 1 amide bonds. The van der Waals surface area contributed by atoms with Crippen molar-refractivity contribution in [2.75, 3.05) is 36.8 Å². The van der Waals surface area contributed by atoms with Gasteiger partial charge < -0.3 is 15.5 Å². The zero-order valence-electron chi connectivity index (χ0n) is 14.7. The lowest BCUT2D eigenvalue weighted by molar-refractivity contribution is -0.130. The van der Waals surface area contributed by atoms with E-state index in [4.69, 9.17) is 5.73 Å². The van der Waals surface area contributed by atoms with Crippen molar-refractivity contribution in [3.8, 4) is 0 Å². The molecule has 1 heterocycles. The summed E-state index contributed by atoms with van der Waals surface area (Å²) >= 11 is 0. The first-order valence-electron chi connectivity index (χ1n) is 8.61. The molecule has 0 saturated carbocycles. The van der Waals surface area contributed by atoms with Gasteiger partial charge in [0.15, 0.2) is 5.78 Å². The molecular weight excluding hydrogens is 333 g/mol. The van der Waals surface area contributed by atoms with Crippen LogP contribution in [0.2, 0.25) is 0 Å². The Morgan fingerprint density at radius 3 is 2.27 bits per heavy atom. The summed E-state index contributed by atoms with van der Waals surface area (Å²) in [6.45, 7) is 3.62. The molecule has 2 N–H and O–H groups in total. The number of carbonyl (C=O) groups excluding carboxylic acids is 2. The minimum absolute atomic E-state index is 0.0572. The van der Waals surface area contributed by atoms with Crippen molar-refractivity contribution >= 4 is 23.1 Å². The maximum atomic E-state index is 14.3. The predicted octanol–water partition coefficient (Wildman–Crippen LogP) is 2.50. The van der Waals surface area contributed by atoms with E-state index in [2.05, 4.69) is 0 Å². The van der Waals surface area contributed by atoms with E-state index in [1.807, 2.05) is 17.0 Å². The molecule has 0 radical (unpaired) electrons. The number of amides is 1. The number of nitrogens with two attached hydrogens (primary N) is 1. The lowest BCUT2D eigenvalue weighted by Crippen LogP contribution is -2.49. The summed E-state index contributed by atoms with van der Waals surface area (Å²) in [5.41, 5.74) is 8.10. The van der Waals surface area contributed by atoms with Crippen molar-refractivity contribution in [3.05, 3.63) is 59.4 Å². The minimum Gasteiger partial charge on any atom is -0.399 e. The number of nitrogens with zero attached hydrogens (tertiary/aromatic N) is 2. The molecule has 1 aliphatic rings. The quantitative estimate of drug-likeness (QED) is 0.676. The molecule has 1 fully saturated rings. The fourth-order valence-electron chi connectivity index (χ4n) is 3.10. The molecular formula is C20H22FN3O2. The topological polar surface area (TPSA) is 66.6 Å². The SMILES string of the molecule is CC(=O)c1ccc(N2CCN(C(=O)Cc3ccc(N)cc3)CC2)c(F)c1. The number of Topliss-reactive ketones (excluding diaryl/α,β-unsaturated/α-hetero) is 1. The number of benzene rings is 2. The van der Waals surface area contributed by atoms with Crippen molar-refractivity contribution in [2.45, 2.75) is 13.3 Å². The van der Waals surface area contributed by atoms with Crippen LogP contribution in [0.15, 0.2) is 42.5 Å². The third-order valence-electron chi connectivity index (χ3n) is 4.66. The zero-order valence-corrected chi connectivity index (χ0v) is 14.7. The summed E-state index contributed by atoms with van der Waals surface area (Å²) in [5, 5.41) is 0. The largest absolute Gasteiger partial charge is 0.399 e. The summed E-state index contributed by atoms with van der Waals surface area (Å²) < 4.78 is 14.3. The van der Waals surface area contributed by atoms with Gasteiger partial charge in [-0.1, -0.05) is 12.1 Å². The number of hydrogen-bond acceptors (Lipinski definition) is 4. The van der Waals surface area contributed by atoms with Crippen molar-refractivity contribution < 1.29 is 14.0 Å². The average molecular weight is 355 g/mol. The Labute approximate surface area is 152 Å². The summed E-state index contributed by atoms with van der Waals surface area (Å²) in [5.74, 6) is -0.505. The Morgan fingerprint density at radius 2 is 1.69 bits per heavy atom. The van der Waals surface area contributed by atoms with Gasteiger partial charge in [0.1, 0.15) is 5.82 Å². The Hall–Kier alpha value is -2.89. The van der Waals surface area contributed by atoms with Crippen molar-refractivity contribution in [1.29, 1.82) is 0 Å². The summed E-state index contributed by atoms with van der Waals surface area (Å²) in [6.07, 6.45) is 0.335. The number of piperazine rings is 1. The first-order chi connectivity index (χ1) is 12.4. The van der Waals surface area contributed by atoms with E-state index in [0.29, 0.717) is 49.5 Å². The smallest absolute Gasteiger partial charge is 0.227 e. The molecule has 5 nitrogen and oxygen atoms in total. The van der Waals surface area contributed by atoms with E-state index in [0.717, 1.165) is 5.56 Å². The summed E-state index contributed by atoms with van der Waals surface area (Å²) in [6, 6.07) is 11.8. The molecule has 136 valence electrons. The summed E-state index contributed by atoms with van der Waals surface area (Å²) in [4.78, 5) is 27.5. The number of nitrogen functional groups attached to an aromatic ring is 1. The van der Waals surface area contributed by atoms with Gasteiger partial charge >= 0.3 is 0 Å². The molecule has 0 aromatic heterocycles. The molecule has 0 spiro atoms. The van der Waals surface area contributed by atoms with Crippen LogP contribution >= 0.6 is 0 Å². The van der Waals surface area contributed by atoms with Gasteiger partial charge in [-0.25, -0.2) is 4.39 Å². The highest BCUT2D eigenvalue weighted by molar-refractivity contribution is 5.94. The second-order valence-electron chi connectivity index (χ2n) is 6.51.